The Kier molecular flexibility index (Phi) is 4.28. The van der Waals surface area contributed by atoms with Crippen LogP contribution >= 0.6 is 22.9 Å². The van der Waals surface area contributed by atoms with Crippen molar-refractivity contribution in [1.29, 1.82) is 0 Å². The van der Waals surface area contributed by atoms with Crippen LogP contribution in [-0.4, -0.2) is 13.1 Å². The molecule has 16 heavy (non-hydrogen) atoms. The summed E-state index contributed by atoms with van der Waals surface area (Å²) in [5, 5.41) is 3.58. The van der Waals surface area contributed by atoms with E-state index in [4.69, 9.17) is 11.6 Å². The number of hydrogen-bond donors (Lipinski definition) is 1. The van der Waals surface area contributed by atoms with Gasteiger partial charge >= 0.3 is 0 Å². The molecule has 2 rings (SSSR count). The number of rotatable bonds is 6. The molecule has 1 N–H and O–H groups in total. The Balaban J connectivity index is 1.89. The number of hydrogen-bond acceptors (Lipinski definition) is 2. The summed E-state index contributed by atoms with van der Waals surface area (Å²) < 4.78 is 0.922. The molecule has 1 aliphatic carbocycles. The van der Waals surface area contributed by atoms with E-state index in [0.29, 0.717) is 5.41 Å². The molecule has 0 spiro atoms. The molecular weight excluding hydrogens is 238 g/mol. The van der Waals surface area contributed by atoms with Crippen molar-refractivity contribution in [3.63, 3.8) is 0 Å². The topological polar surface area (TPSA) is 12.0 Å². The van der Waals surface area contributed by atoms with Gasteiger partial charge in [0.15, 0.2) is 0 Å². The maximum atomic E-state index is 5.98. The fourth-order valence-corrected chi connectivity index (χ4v) is 3.70. The summed E-state index contributed by atoms with van der Waals surface area (Å²) in [6, 6.07) is 4.21. The number of halogens is 1. The van der Waals surface area contributed by atoms with Crippen molar-refractivity contribution in [3.8, 4) is 0 Å². The summed E-state index contributed by atoms with van der Waals surface area (Å²) in [6.45, 7) is 4.54. The molecule has 0 aromatic carbocycles. The third-order valence-corrected chi connectivity index (χ3v) is 4.75. The summed E-state index contributed by atoms with van der Waals surface area (Å²) in [4.78, 5) is 1.45. The van der Waals surface area contributed by atoms with E-state index in [9.17, 15) is 0 Å². The molecule has 0 aliphatic heterocycles. The lowest BCUT2D eigenvalue weighted by Crippen LogP contribution is -2.41. The Bertz CT molecular complexity index is 330. The van der Waals surface area contributed by atoms with E-state index in [-0.39, 0.29) is 0 Å². The summed E-state index contributed by atoms with van der Waals surface area (Å²) >= 11 is 7.72. The summed E-state index contributed by atoms with van der Waals surface area (Å²) in [5.41, 5.74) is 0.531. The molecule has 1 aliphatic rings. The van der Waals surface area contributed by atoms with Gasteiger partial charge in [-0.05, 0) is 49.8 Å². The van der Waals surface area contributed by atoms with Crippen LogP contribution in [0.4, 0.5) is 0 Å². The minimum Gasteiger partial charge on any atom is -0.316 e. The van der Waals surface area contributed by atoms with Gasteiger partial charge in [0.05, 0.1) is 4.34 Å². The lowest BCUT2D eigenvalue weighted by atomic mass is 9.66. The lowest BCUT2D eigenvalue weighted by Gasteiger charge is -2.42. The van der Waals surface area contributed by atoms with Crippen LogP contribution in [0.2, 0.25) is 4.34 Å². The standard InChI is InChI=1S/C13H20ClNS/c1-2-8-15-10-13(6-3-7-13)9-11-4-5-12(14)16-11/h4-5,15H,2-3,6-10H2,1H3. The van der Waals surface area contributed by atoms with Crippen LogP contribution < -0.4 is 5.32 Å². The van der Waals surface area contributed by atoms with E-state index in [0.717, 1.165) is 10.9 Å². The predicted octanol–water partition coefficient (Wildman–Crippen LogP) is 4.11. The predicted molar refractivity (Wildman–Crippen MR) is 72.5 cm³/mol. The molecule has 0 amide bonds. The molecule has 1 saturated carbocycles. The first-order valence-corrected chi connectivity index (χ1v) is 7.38. The number of nitrogens with one attached hydrogen (secondary N) is 1. The smallest absolute Gasteiger partial charge is 0.0931 e. The Morgan fingerprint density at radius 1 is 1.44 bits per heavy atom. The summed E-state index contributed by atoms with van der Waals surface area (Å²) in [7, 11) is 0. The molecule has 1 fully saturated rings. The fraction of sp³-hybridized carbons (Fsp3) is 0.692. The van der Waals surface area contributed by atoms with Crippen molar-refractivity contribution in [2.45, 2.75) is 39.0 Å². The van der Waals surface area contributed by atoms with Gasteiger partial charge in [0.1, 0.15) is 0 Å². The molecule has 0 bridgehead atoms. The molecule has 3 heteroatoms. The SMILES string of the molecule is CCCNCC1(Cc2ccc(Cl)s2)CCC1. The van der Waals surface area contributed by atoms with Crippen LogP contribution in [0.3, 0.4) is 0 Å². The van der Waals surface area contributed by atoms with Crippen molar-refractivity contribution >= 4 is 22.9 Å². The number of thiophene rings is 1. The largest absolute Gasteiger partial charge is 0.316 e. The van der Waals surface area contributed by atoms with Gasteiger partial charge in [-0.2, -0.15) is 0 Å². The minimum atomic E-state index is 0.531. The van der Waals surface area contributed by atoms with Crippen molar-refractivity contribution in [1.82, 2.24) is 5.32 Å². The monoisotopic (exact) mass is 257 g/mol. The van der Waals surface area contributed by atoms with Gasteiger partial charge in [0.25, 0.3) is 0 Å². The molecule has 0 unspecified atom stereocenters. The average Bonchev–Trinajstić information content (AvgIpc) is 2.60. The Labute approximate surface area is 107 Å². The van der Waals surface area contributed by atoms with E-state index in [2.05, 4.69) is 18.3 Å². The van der Waals surface area contributed by atoms with Gasteiger partial charge < -0.3 is 5.32 Å². The van der Waals surface area contributed by atoms with Gasteiger partial charge in [0.2, 0.25) is 0 Å². The molecule has 1 aromatic heterocycles. The first kappa shape index (κ1) is 12.4. The van der Waals surface area contributed by atoms with Crippen LogP contribution in [-0.2, 0) is 6.42 Å². The van der Waals surface area contributed by atoms with Crippen molar-refractivity contribution in [3.05, 3.63) is 21.3 Å². The minimum absolute atomic E-state index is 0.531. The van der Waals surface area contributed by atoms with Gasteiger partial charge in [0, 0.05) is 11.4 Å². The Hall–Kier alpha value is -0.0500. The maximum absolute atomic E-state index is 5.98. The van der Waals surface area contributed by atoms with Crippen LogP contribution in [0.5, 0.6) is 0 Å². The zero-order chi connectivity index (χ0) is 11.4. The molecule has 1 nitrogen and oxygen atoms in total. The zero-order valence-electron chi connectivity index (χ0n) is 9.89. The Morgan fingerprint density at radius 2 is 2.25 bits per heavy atom. The summed E-state index contributed by atoms with van der Waals surface area (Å²) in [5.74, 6) is 0. The van der Waals surface area contributed by atoms with Crippen molar-refractivity contribution < 1.29 is 0 Å². The normalized spacial score (nSPS) is 18.4. The molecule has 0 saturated heterocycles. The third kappa shape index (κ3) is 2.99. The third-order valence-electron chi connectivity index (χ3n) is 3.52. The fourth-order valence-electron chi connectivity index (χ4n) is 2.44. The van der Waals surface area contributed by atoms with Crippen LogP contribution in [0.15, 0.2) is 12.1 Å². The highest BCUT2D eigenvalue weighted by Crippen LogP contribution is 2.44. The molecular formula is C13H20ClNS. The molecule has 0 atom stereocenters. The molecule has 90 valence electrons. The first-order chi connectivity index (χ1) is 7.74. The van der Waals surface area contributed by atoms with E-state index < -0.39 is 0 Å². The second-order valence-corrected chi connectivity index (χ2v) is 6.71. The van der Waals surface area contributed by atoms with Crippen LogP contribution in [0.1, 0.15) is 37.5 Å². The van der Waals surface area contributed by atoms with Crippen LogP contribution in [0.25, 0.3) is 0 Å². The highest BCUT2D eigenvalue weighted by molar-refractivity contribution is 7.16. The highest BCUT2D eigenvalue weighted by atomic mass is 35.5. The van der Waals surface area contributed by atoms with Gasteiger partial charge in [-0.15, -0.1) is 11.3 Å². The first-order valence-electron chi connectivity index (χ1n) is 6.19. The molecule has 0 radical (unpaired) electrons. The van der Waals surface area contributed by atoms with Gasteiger partial charge in [-0.1, -0.05) is 24.9 Å². The molecule has 1 heterocycles. The second-order valence-electron chi connectivity index (χ2n) is 4.91. The van der Waals surface area contributed by atoms with E-state index in [1.807, 2.05) is 6.07 Å². The second kappa shape index (κ2) is 5.52. The average molecular weight is 258 g/mol. The Morgan fingerprint density at radius 3 is 2.75 bits per heavy atom. The van der Waals surface area contributed by atoms with E-state index in [1.54, 1.807) is 11.3 Å². The highest BCUT2D eigenvalue weighted by Gasteiger charge is 2.36. The summed E-state index contributed by atoms with van der Waals surface area (Å²) in [6.07, 6.45) is 6.58. The maximum Gasteiger partial charge on any atom is 0.0931 e. The lowest BCUT2D eigenvalue weighted by molar-refractivity contribution is 0.131. The zero-order valence-corrected chi connectivity index (χ0v) is 11.5. The quantitative estimate of drug-likeness (QED) is 0.757. The van der Waals surface area contributed by atoms with E-state index in [1.165, 1.54) is 43.5 Å². The van der Waals surface area contributed by atoms with Crippen LogP contribution in [0, 0.1) is 5.41 Å². The van der Waals surface area contributed by atoms with Crippen molar-refractivity contribution in [2.24, 2.45) is 5.41 Å². The van der Waals surface area contributed by atoms with Gasteiger partial charge in [-0.3, -0.25) is 0 Å². The van der Waals surface area contributed by atoms with Crippen molar-refractivity contribution in [2.75, 3.05) is 13.1 Å². The molecule has 1 aromatic rings. The van der Waals surface area contributed by atoms with Gasteiger partial charge in [-0.25, -0.2) is 0 Å². The van der Waals surface area contributed by atoms with E-state index >= 15 is 0 Å².